The zero-order valence-electron chi connectivity index (χ0n) is 18.5. The zero-order chi connectivity index (χ0) is 23.9. The van der Waals surface area contributed by atoms with E-state index in [0.29, 0.717) is 54.1 Å². The maximum atomic E-state index is 12.4. The second-order valence-corrected chi connectivity index (χ2v) is 7.37. The second kappa shape index (κ2) is 10.4. The highest BCUT2D eigenvalue weighted by atomic mass is 16.5. The van der Waals surface area contributed by atoms with Crippen molar-refractivity contribution in [3.63, 3.8) is 0 Å². The maximum Gasteiger partial charge on any atom is 0.300 e. The molecule has 3 aromatic rings. The average molecular weight is 457 g/mol. The van der Waals surface area contributed by atoms with Gasteiger partial charge < -0.3 is 30.7 Å². The number of ether oxygens (including phenoxy) is 2. The Labute approximate surface area is 196 Å². The van der Waals surface area contributed by atoms with Gasteiger partial charge in [0, 0.05) is 30.7 Å². The van der Waals surface area contributed by atoms with Gasteiger partial charge in [-0.3, -0.25) is 9.59 Å². The summed E-state index contributed by atoms with van der Waals surface area (Å²) in [6.45, 7) is 1.37. The van der Waals surface area contributed by atoms with Crippen molar-refractivity contribution in [1.82, 2.24) is 10.3 Å². The van der Waals surface area contributed by atoms with Crippen LogP contribution in [0.5, 0.6) is 5.75 Å². The first-order chi connectivity index (χ1) is 16.6. The Balaban J connectivity index is 1.55. The van der Waals surface area contributed by atoms with Gasteiger partial charge in [-0.1, -0.05) is 6.07 Å². The van der Waals surface area contributed by atoms with E-state index < -0.39 is 5.91 Å². The molecule has 1 aliphatic heterocycles. The number of hydrogen-bond acceptors (Lipinski definition) is 7. The topological polar surface area (TPSA) is 114 Å². The highest BCUT2D eigenvalue weighted by molar-refractivity contribution is 6.04. The van der Waals surface area contributed by atoms with Crippen molar-refractivity contribution in [2.45, 2.75) is 6.54 Å². The van der Waals surface area contributed by atoms with Crippen LogP contribution in [0.15, 0.2) is 54.6 Å². The molecular formula is C25H23N5O4. The molecule has 0 bridgehead atoms. The highest BCUT2D eigenvalue weighted by Gasteiger charge is 2.25. The number of pyridine rings is 1. The predicted molar refractivity (Wildman–Crippen MR) is 130 cm³/mol. The van der Waals surface area contributed by atoms with Gasteiger partial charge in [-0.05, 0) is 60.0 Å². The van der Waals surface area contributed by atoms with Gasteiger partial charge in [0.15, 0.2) is 0 Å². The number of aromatic nitrogens is 1. The molecule has 1 aromatic heterocycles. The number of hydrogen-bond donors (Lipinski definition) is 4. The molecule has 0 unspecified atom stereocenters. The molecule has 4 N–H and O–H groups in total. The lowest BCUT2D eigenvalue weighted by Crippen LogP contribution is -2.14. The molecule has 4 rings (SSSR count). The van der Waals surface area contributed by atoms with E-state index >= 15 is 0 Å². The summed E-state index contributed by atoms with van der Waals surface area (Å²) in [5, 5.41) is 11.9. The summed E-state index contributed by atoms with van der Waals surface area (Å²) in [5.74, 6) is 2.99. The number of methoxy groups -OCH3 is 1. The Morgan fingerprint density at radius 1 is 1.09 bits per heavy atom. The van der Waals surface area contributed by atoms with Crippen molar-refractivity contribution in [2.75, 3.05) is 36.3 Å². The number of carbonyl (C=O) groups excluding carboxylic acids is 2. The van der Waals surface area contributed by atoms with Gasteiger partial charge in [0.05, 0.1) is 12.2 Å². The van der Waals surface area contributed by atoms with Crippen LogP contribution in [0.3, 0.4) is 0 Å². The molecule has 0 atom stereocenters. The molecule has 2 heterocycles. The first kappa shape index (κ1) is 22.6. The molecule has 0 fully saturated rings. The van der Waals surface area contributed by atoms with Gasteiger partial charge in [0.25, 0.3) is 11.8 Å². The Kier molecular flexibility index (Phi) is 6.91. The van der Waals surface area contributed by atoms with Gasteiger partial charge in [-0.15, -0.1) is 6.42 Å². The summed E-state index contributed by atoms with van der Waals surface area (Å²) in [6, 6.07) is 16.3. The molecular weight excluding hydrogens is 434 g/mol. The molecule has 0 aliphatic carbocycles. The minimum absolute atomic E-state index is 0.185. The van der Waals surface area contributed by atoms with Crippen LogP contribution < -0.4 is 26.0 Å². The van der Waals surface area contributed by atoms with Gasteiger partial charge in [0.2, 0.25) is 0 Å². The second-order valence-electron chi connectivity index (χ2n) is 7.37. The number of terminal acetylenes is 1. The molecule has 172 valence electrons. The van der Waals surface area contributed by atoms with E-state index in [0.717, 1.165) is 11.3 Å². The van der Waals surface area contributed by atoms with E-state index in [-0.39, 0.29) is 5.91 Å². The molecule has 0 spiro atoms. The predicted octanol–water partition coefficient (Wildman–Crippen LogP) is 3.41. The van der Waals surface area contributed by atoms with Crippen molar-refractivity contribution >= 4 is 40.5 Å². The van der Waals surface area contributed by atoms with Crippen molar-refractivity contribution in [1.29, 1.82) is 0 Å². The van der Waals surface area contributed by atoms with Crippen LogP contribution in [-0.4, -0.2) is 37.1 Å². The van der Waals surface area contributed by atoms with E-state index in [9.17, 15) is 9.59 Å². The Hall–Kier alpha value is -4.55. The quantitative estimate of drug-likeness (QED) is 0.288. The third-order valence-corrected chi connectivity index (χ3v) is 4.96. The lowest BCUT2D eigenvalue weighted by molar-refractivity contribution is -0.111. The van der Waals surface area contributed by atoms with E-state index in [4.69, 9.17) is 15.9 Å². The number of anilines is 5. The van der Waals surface area contributed by atoms with Gasteiger partial charge in [-0.2, -0.15) is 0 Å². The third kappa shape index (κ3) is 5.43. The number of rotatable bonds is 9. The van der Waals surface area contributed by atoms with Crippen molar-refractivity contribution < 1.29 is 19.1 Å². The van der Waals surface area contributed by atoms with Crippen molar-refractivity contribution in [3.05, 3.63) is 65.7 Å². The smallest absolute Gasteiger partial charge is 0.300 e. The first-order valence-corrected chi connectivity index (χ1v) is 10.5. The molecule has 0 saturated heterocycles. The monoisotopic (exact) mass is 457 g/mol. The van der Waals surface area contributed by atoms with Crippen LogP contribution in [-0.2, 0) is 16.1 Å². The summed E-state index contributed by atoms with van der Waals surface area (Å²) >= 11 is 0. The van der Waals surface area contributed by atoms with E-state index in [1.165, 1.54) is 0 Å². The lowest BCUT2D eigenvalue weighted by Gasteiger charge is -2.14. The number of carbonyl (C=O) groups is 2. The zero-order valence-corrected chi connectivity index (χ0v) is 18.5. The van der Waals surface area contributed by atoms with Crippen LogP contribution in [0.4, 0.5) is 28.7 Å². The van der Waals surface area contributed by atoms with Crippen LogP contribution in [0.1, 0.15) is 15.9 Å². The maximum absolute atomic E-state index is 12.4. The Morgan fingerprint density at radius 3 is 2.65 bits per heavy atom. The number of benzene rings is 2. The summed E-state index contributed by atoms with van der Waals surface area (Å²) in [4.78, 5) is 28.5. The van der Waals surface area contributed by atoms with Crippen molar-refractivity contribution in [2.24, 2.45) is 0 Å². The number of nitrogens with one attached hydrogen (secondary N) is 4. The van der Waals surface area contributed by atoms with Crippen LogP contribution in [0.25, 0.3) is 0 Å². The largest absolute Gasteiger partial charge is 0.491 e. The normalized spacial score (nSPS) is 11.7. The third-order valence-electron chi connectivity index (χ3n) is 4.96. The van der Waals surface area contributed by atoms with E-state index in [2.05, 4.69) is 26.3 Å². The molecule has 0 saturated carbocycles. The van der Waals surface area contributed by atoms with Gasteiger partial charge in [0.1, 0.15) is 24.0 Å². The Bertz CT molecular complexity index is 1250. The Morgan fingerprint density at radius 2 is 1.88 bits per heavy atom. The van der Waals surface area contributed by atoms with E-state index in [1.54, 1.807) is 25.3 Å². The summed E-state index contributed by atoms with van der Waals surface area (Å²) in [6.07, 6.45) is 5.12. The van der Waals surface area contributed by atoms with Gasteiger partial charge in [-0.25, -0.2) is 4.98 Å². The molecule has 2 aromatic carbocycles. The highest BCUT2D eigenvalue weighted by Crippen LogP contribution is 2.30. The fraction of sp³-hybridized carbons (Fsp3) is 0.160. The van der Waals surface area contributed by atoms with Crippen molar-refractivity contribution in [3.8, 4) is 18.1 Å². The van der Waals surface area contributed by atoms with Crippen LogP contribution in [0.2, 0.25) is 0 Å². The molecule has 34 heavy (non-hydrogen) atoms. The fourth-order valence-electron chi connectivity index (χ4n) is 3.41. The number of fused-ring (bicyclic) bond motifs is 1. The number of amides is 2. The standard InChI is InChI=1S/C25H23N5O4/c1-3-22(31)28-19-6-4-5-18(14-19)27-21-13-16-15-26-25(32)23(16)24(30-21)29-17-7-9-20(10-8-17)34-12-11-33-2/h1,4-10,13-14H,11-12,15H2,2H3,(H,26,32)(H,28,31)(H2,27,29,30). The first-order valence-electron chi connectivity index (χ1n) is 10.5. The summed E-state index contributed by atoms with van der Waals surface area (Å²) < 4.78 is 10.6. The van der Waals surface area contributed by atoms with Crippen LogP contribution in [0, 0.1) is 12.3 Å². The summed E-state index contributed by atoms with van der Waals surface area (Å²) in [7, 11) is 1.62. The number of nitrogens with zero attached hydrogens (tertiary/aromatic N) is 1. The molecule has 0 radical (unpaired) electrons. The molecule has 2 amide bonds. The fourth-order valence-corrected chi connectivity index (χ4v) is 3.41. The molecule has 9 heteroatoms. The molecule has 1 aliphatic rings. The van der Waals surface area contributed by atoms with E-state index in [1.807, 2.05) is 42.3 Å². The SMILES string of the molecule is C#CC(=O)Nc1cccc(Nc2cc3c(c(Nc4ccc(OCCOC)cc4)n2)C(=O)NC3)c1. The lowest BCUT2D eigenvalue weighted by atomic mass is 10.1. The minimum atomic E-state index is -0.529. The average Bonchev–Trinajstić information content (AvgIpc) is 3.21. The van der Waals surface area contributed by atoms with Crippen LogP contribution >= 0.6 is 0 Å². The molecule has 9 nitrogen and oxygen atoms in total. The minimum Gasteiger partial charge on any atom is -0.491 e. The van der Waals surface area contributed by atoms with Gasteiger partial charge >= 0.3 is 0 Å². The summed E-state index contributed by atoms with van der Waals surface area (Å²) in [5.41, 5.74) is 3.33.